The molecule has 0 spiro atoms. The molecule has 1 aromatic rings. The van der Waals surface area contributed by atoms with Crippen LogP contribution in [0.2, 0.25) is 0 Å². The van der Waals surface area contributed by atoms with E-state index in [-0.39, 0.29) is 0 Å². The first-order valence-electron chi connectivity index (χ1n) is 4.56. The Morgan fingerprint density at radius 2 is 2.07 bits per heavy atom. The average Bonchev–Trinajstić information content (AvgIpc) is 2.20. The number of hydrogen-bond donors (Lipinski definition) is 2. The third-order valence-electron chi connectivity index (χ3n) is 1.77. The highest BCUT2D eigenvalue weighted by Crippen LogP contribution is 2.09. The van der Waals surface area contributed by atoms with Crippen LogP contribution in [0.5, 0.6) is 0 Å². The van der Waals surface area contributed by atoms with Gasteiger partial charge in [-0.25, -0.2) is 4.79 Å². The van der Waals surface area contributed by atoms with Gasteiger partial charge >= 0.3 is 6.09 Å². The van der Waals surface area contributed by atoms with Crippen molar-refractivity contribution in [2.75, 3.05) is 13.2 Å². The molecule has 0 aliphatic carbocycles. The summed E-state index contributed by atoms with van der Waals surface area (Å²) in [5, 5.41) is 3.13. The van der Waals surface area contributed by atoms with Crippen LogP contribution in [0, 0.1) is 0 Å². The molecular weight excluding hydrogens is 260 g/mol. The van der Waals surface area contributed by atoms with Crippen LogP contribution in [0.25, 0.3) is 0 Å². The molecule has 0 aliphatic rings. The number of amides is 1. The second kappa shape index (κ2) is 6.42. The van der Waals surface area contributed by atoms with E-state index in [4.69, 9.17) is 5.73 Å². The maximum atomic E-state index is 10.2. The molecule has 0 saturated heterocycles. The fourth-order valence-corrected chi connectivity index (χ4v) is 1.32. The van der Waals surface area contributed by atoms with Crippen LogP contribution in [0.1, 0.15) is 5.56 Å². The molecule has 0 fully saturated rings. The van der Waals surface area contributed by atoms with E-state index in [2.05, 4.69) is 26.0 Å². The summed E-state index contributed by atoms with van der Waals surface area (Å²) in [4.78, 5) is 10.2. The van der Waals surface area contributed by atoms with Gasteiger partial charge in [0.05, 0.1) is 0 Å². The quantitative estimate of drug-likeness (QED) is 0.801. The number of carbonyl (C=O) groups excluding carboxylic acids is 1. The number of hydrogen-bond acceptors (Lipinski definition) is 3. The third kappa shape index (κ3) is 5.39. The first-order valence-corrected chi connectivity index (χ1v) is 5.35. The predicted octanol–water partition coefficient (Wildman–Crippen LogP) is 1.63. The van der Waals surface area contributed by atoms with E-state index in [1.54, 1.807) is 0 Å². The molecule has 0 saturated carbocycles. The number of ether oxygens (including phenoxy) is 1. The lowest BCUT2D eigenvalue weighted by molar-refractivity contribution is 0.157. The van der Waals surface area contributed by atoms with Crippen molar-refractivity contribution in [2.45, 2.75) is 6.54 Å². The molecule has 0 bridgehead atoms. The number of nitrogens with one attached hydrogen (secondary N) is 1. The van der Waals surface area contributed by atoms with E-state index >= 15 is 0 Å². The predicted molar refractivity (Wildman–Crippen MR) is 61.4 cm³/mol. The number of halogens is 1. The van der Waals surface area contributed by atoms with Gasteiger partial charge in [-0.05, 0) is 17.7 Å². The van der Waals surface area contributed by atoms with Gasteiger partial charge in [-0.15, -0.1) is 0 Å². The van der Waals surface area contributed by atoms with Gasteiger partial charge in [0.1, 0.15) is 6.61 Å². The zero-order chi connectivity index (χ0) is 11.1. The summed E-state index contributed by atoms with van der Waals surface area (Å²) in [7, 11) is 0. The Labute approximate surface area is 96.9 Å². The SMILES string of the molecule is NC(=O)OCCNCc1ccc(Br)cc1. The second-order valence-electron chi connectivity index (χ2n) is 2.97. The molecule has 0 unspecified atom stereocenters. The Hall–Kier alpha value is -1.07. The minimum absolute atomic E-state index is 0.297. The summed E-state index contributed by atoms with van der Waals surface area (Å²) in [5.74, 6) is 0. The van der Waals surface area contributed by atoms with Gasteiger partial charge in [-0.3, -0.25) is 0 Å². The van der Waals surface area contributed by atoms with Crippen molar-refractivity contribution in [3.63, 3.8) is 0 Å². The standard InChI is InChI=1S/C10H13BrN2O2/c11-9-3-1-8(2-4-9)7-13-5-6-15-10(12)14/h1-4,13H,5-7H2,(H2,12,14). The van der Waals surface area contributed by atoms with Gasteiger partial charge in [-0.1, -0.05) is 28.1 Å². The average molecular weight is 273 g/mol. The van der Waals surface area contributed by atoms with Crippen LogP contribution in [0.4, 0.5) is 4.79 Å². The van der Waals surface area contributed by atoms with E-state index in [9.17, 15) is 4.79 Å². The Bertz CT molecular complexity index is 314. The molecular formula is C10H13BrN2O2. The zero-order valence-corrected chi connectivity index (χ0v) is 9.79. The van der Waals surface area contributed by atoms with Gasteiger partial charge in [0.25, 0.3) is 0 Å². The Morgan fingerprint density at radius 1 is 1.40 bits per heavy atom. The summed E-state index contributed by atoms with van der Waals surface area (Å²) in [6.45, 7) is 1.64. The van der Waals surface area contributed by atoms with E-state index in [0.717, 1.165) is 11.0 Å². The van der Waals surface area contributed by atoms with Crippen molar-refractivity contribution >= 4 is 22.0 Å². The largest absolute Gasteiger partial charge is 0.448 e. The molecule has 0 atom stereocenters. The van der Waals surface area contributed by atoms with Crippen LogP contribution in [-0.2, 0) is 11.3 Å². The van der Waals surface area contributed by atoms with Crippen LogP contribution >= 0.6 is 15.9 Å². The van der Waals surface area contributed by atoms with Crippen molar-refractivity contribution in [3.8, 4) is 0 Å². The smallest absolute Gasteiger partial charge is 0.404 e. The van der Waals surface area contributed by atoms with Gasteiger partial charge in [-0.2, -0.15) is 0 Å². The zero-order valence-electron chi connectivity index (χ0n) is 8.20. The molecule has 0 aliphatic heterocycles. The van der Waals surface area contributed by atoms with Crippen molar-refractivity contribution in [3.05, 3.63) is 34.3 Å². The van der Waals surface area contributed by atoms with Gasteiger partial charge in [0.2, 0.25) is 0 Å². The Kier molecular flexibility index (Phi) is 5.14. The summed E-state index contributed by atoms with van der Waals surface area (Å²) in [5.41, 5.74) is 5.99. The fraction of sp³-hybridized carbons (Fsp3) is 0.300. The number of nitrogens with two attached hydrogens (primary N) is 1. The molecule has 1 amide bonds. The first-order chi connectivity index (χ1) is 7.18. The molecule has 1 aromatic carbocycles. The molecule has 15 heavy (non-hydrogen) atoms. The number of rotatable bonds is 5. The second-order valence-corrected chi connectivity index (χ2v) is 3.89. The lowest BCUT2D eigenvalue weighted by Crippen LogP contribution is -2.23. The van der Waals surface area contributed by atoms with Gasteiger partial charge < -0.3 is 15.8 Å². The van der Waals surface area contributed by atoms with Crippen LogP contribution in [0.15, 0.2) is 28.7 Å². The normalized spacial score (nSPS) is 9.93. The molecule has 1 rings (SSSR count). The minimum atomic E-state index is -0.736. The molecule has 0 radical (unpaired) electrons. The molecule has 4 nitrogen and oxygen atoms in total. The first kappa shape index (κ1) is 12.0. The summed E-state index contributed by atoms with van der Waals surface area (Å²) in [6, 6.07) is 8.01. The molecule has 5 heteroatoms. The maximum absolute atomic E-state index is 10.2. The molecule has 0 aromatic heterocycles. The summed E-state index contributed by atoms with van der Waals surface area (Å²) >= 11 is 3.36. The third-order valence-corrected chi connectivity index (χ3v) is 2.29. The molecule has 3 N–H and O–H groups in total. The molecule has 82 valence electrons. The highest BCUT2D eigenvalue weighted by atomic mass is 79.9. The Balaban J connectivity index is 2.15. The van der Waals surface area contributed by atoms with Crippen LogP contribution < -0.4 is 11.1 Å². The Morgan fingerprint density at radius 3 is 2.67 bits per heavy atom. The van der Waals surface area contributed by atoms with Crippen molar-refractivity contribution in [1.82, 2.24) is 5.32 Å². The lowest BCUT2D eigenvalue weighted by Gasteiger charge is -2.04. The minimum Gasteiger partial charge on any atom is -0.448 e. The maximum Gasteiger partial charge on any atom is 0.404 e. The van der Waals surface area contributed by atoms with Crippen molar-refractivity contribution < 1.29 is 9.53 Å². The van der Waals surface area contributed by atoms with E-state index in [1.165, 1.54) is 5.56 Å². The topological polar surface area (TPSA) is 64.4 Å². The van der Waals surface area contributed by atoms with Gasteiger partial charge in [0.15, 0.2) is 0 Å². The summed E-state index contributed by atoms with van der Waals surface area (Å²) in [6.07, 6.45) is -0.736. The highest BCUT2D eigenvalue weighted by molar-refractivity contribution is 9.10. The van der Waals surface area contributed by atoms with Crippen LogP contribution in [-0.4, -0.2) is 19.2 Å². The van der Waals surface area contributed by atoms with E-state index in [0.29, 0.717) is 13.2 Å². The van der Waals surface area contributed by atoms with Crippen molar-refractivity contribution in [2.24, 2.45) is 5.73 Å². The number of benzene rings is 1. The monoisotopic (exact) mass is 272 g/mol. The van der Waals surface area contributed by atoms with Crippen LogP contribution in [0.3, 0.4) is 0 Å². The van der Waals surface area contributed by atoms with Gasteiger partial charge in [0, 0.05) is 17.6 Å². The number of carbonyl (C=O) groups is 1. The van der Waals surface area contributed by atoms with Crippen molar-refractivity contribution in [1.29, 1.82) is 0 Å². The van der Waals surface area contributed by atoms with E-state index in [1.807, 2.05) is 24.3 Å². The lowest BCUT2D eigenvalue weighted by atomic mass is 10.2. The molecule has 0 heterocycles. The highest BCUT2D eigenvalue weighted by Gasteiger charge is 1.94. The van der Waals surface area contributed by atoms with E-state index < -0.39 is 6.09 Å². The number of primary amides is 1. The summed E-state index contributed by atoms with van der Waals surface area (Å²) < 4.78 is 5.63. The fourth-order valence-electron chi connectivity index (χ4n) is 1.06.